The van der Waals surface area contributed by atoms with Crippen molar-refractivity contribution in [2.75, 3.05) is 0 Å². The summed E-state index contributed by atoms with van der Waals surface area (Å²) in [5.41, 5.74) is 1.16. The third-order valence-corrected chi connectivity index (χ3v) is 4.62. The second kappa shape index (κ2) is 2.27. The second-order valence-electron chi connectivity index (χ2n) is 6.42. The van der Waals surface area contributed by atoms with Crippen molar-refractivity contribution in [3.63, 3.8) is 0 Å². The predicted octanol–water partition coefficient (Wildman–Crippen LogP) is 3.86. The van der Waals surface area contributed by atoms with Crippen LogP contribution in [-0.4, -0.2) is 0 Å². The molecule has 0 spiro atoms. The summed E-state index contributed by atoms with van der Waals surface area (Å²) in [5.74, 6) is 2.18. The molecule has 0 aromatic heterocycles. The van der Waals surface area contributed by atoms with Crippen LogP contribution in [0.2, 0.25) is 0 Å². The Bertz CT molecular complexity index is 169. The first-order chi connectivity index (χ1) is 5.41. The normalized spacial score (nSPS) is 47.0. The molecule has 70 valence electrons. The summed E-state index contributed by atoms with van der Waals surface area (Å²) >= 11 is 0. The first-order valence-corrected chi connectivity index (χ1v) is 5.41. The van der Waals surface area contributed by atoms with E-state index in [0.29, 0.717) is 10.8 Å². The highest BCUT2D eigenvalue weighted by Crippen LogP contribution is 2.59. The first kappa shape index (κ1) is 8.59. The monoisotopic (exact) mass is 166 g/mol. The van der Waals surface area contributed by atoms with E-state index in [1.54, 1.807) is 12.8 Å². The SMILES string of the molecule is CC(C)(C)C1(C)CC2CC(C2)C1. The fourth-order valence-corrected chi connectivity index (χ4v) is 3.18. The lowest BCUT2D eigenvalue weighted by molar-refractivity contribution is -0.0574. The molecule has 3 rings (SSSR count). The fourth-order valence-electron chi connectivity index (χ4n) is 3.18. The standard InChI is InChI=1S/C12H22/c1-11(2,3)12(4)7-9-5-10(6-9)8-12/h9-10H,5-8H2,1-4H3. The van der Waals surface area contributed by atoms with Gasteiger partial charge in [0, 0.05) is 0 Å². The van der Waals surface area contributed by atoms with Crippen LogP contribution < -0.4 is 0 Å². The molecule has 3 saturated carbocycles. The molecule has 0 unspecified atom stereocenters. The Balaban J connectivity index is 2.12. The largest absolute Gasteiger partial charge is 0.0597 e. The van der Waals surface area contributed by atoms with E-state index in [0.717, 1.165) is 11.8 Å². The van der Waals surface area contributed by atoms with Gasteiger partial charge in [-0.05, 0) is 48.3 Å². The molecule has 12 heavy (non-hydrogen) atoms. The number of fused-ring (bicyclic) bond motifs is 2. The molecule has 0 atom stereocenters. The maximum absolute atomic E-state index is 2.51. The highest BCUT2D eigenvalue weighted by atomic mass is 14.5. The second-order valence-corrected chi connectivity index (χ2v) is 6.42. The summed E-state index contributed by atoms with van der Waals surface area (Å²) in [4.78, 5) is 0. The van der Waals surface area contributed by atoms with Gasteiger partial charge in [0.15, 0.2) is 0 Å². The minimum absolute atomic E-state index is 0.518. The van der Waals surface area contributed by atoms with Gasteiger partial charge in [-0.15, -0.1) is 0 Å². The summed E-state index contributed by atoms with van der Waals surface area (Å²) in [6, 6.07) is 0. The zero-order valence-electron chi connectivity index (χ0n) is 8.98. The van der Waals surface area contributed by atoms with E-state index in [4.69, 9.17) is 0 Å². The van der Waals surface area contributed by atoms with E-state index in [9.17, 15) is 0 Å². The van der Waals surface area contributed by atoms with Crippen molar-refractivity contribution in [2.45, 2.75) is 53.4 Å². The maximum atomic E-state index is 2.51. The lowest BCUT2D eigenvalue weighted by atomic mass is 9.49. The van der Waals surface area contributed by atoms with Crippen molar-refractivity contribution in [1.82, 2.24) is 0 Å². The van der Waals surface area contributed by atoms with Crippen LogP contribution in [0.15, 0.2) is 0 Å². The molecule has 3 fully saturated rings. The average molecular weight is 166 g/mol. The van der Waals surface area contributed by atoms with Gasteiger partial charge in [-0.1, -0.05) is 27.7 Å². The van der Waals surface area contributed by atoms with Crippen LogP contribution in [0.4, 0.5) is 0 Å². The Hall–Kier alpha value is 0. The summed E-state index contributed by atoms with van der Waals surface area (Å²) in [7, 11) is 0. The van der Waals surface area contributed by atoms with Gasteiger partial charge in [-0.2, -0.15) is 0 Å². The first-order valence-electron chi connectivity index (χ1n) is 5.41. The van der Waals surface area contributed by atoms with E-state index < -0.39 is 0 Å². The Morgan fingerprint density at radius 1 is 1.00 bits per heavy atom. The maximum Gasteiger partial charge on any atom is -0.0272 e. The Labute approximate surface area is 76.7 Å². The molecule has 0 saturated heterocycles. The van der Waals surface area contributed by atoms with Gasteiger partial charge in [0.05, 0.1) is 0 Å². The van der Waals surface area contributed by atoms with Crippen molar-refractivity contribution in [3.8, 4) is 0 Å². The summed E-state index contributed by atoms with van der Waals surface area (Å²) in [5, 5.41) is 0. The molecule has 0 N–H and O–H groups in total. The van der Waals surface area contributed by atoms with Gasteiger partial charge in [-0.3, -0.25) is 0 Å². The zero-order chi connectivity index (χ0) is 8.98. The molecule has 0 heterocycles. The quantitative estimate of drug-likeness (QED) is 0.512. The molecule has 0 amide bonds. The molecular weight excluding hydrogens is 144 g/mol. The fraction of sp³-hybridized carbons (Fsp3) is 1.00. The molecule has 0 heteroatoms. The Kier molecular flexibility index (Phi) is 1.63. The molecule has 3 aliphatic carbocycles. The summed E-state index contributed by atoms with van der Waals surface area (Å²) in [6.45, 7) is 9.75. The molecule has 0 aliphatic heterocycles. The van der Waals surface area contributed by atoms with E-state index >= 15 is 0 Å². The Morgan fingerprint density at radius 2 is 1.42 bits per heavy atom. The van der Waals surface area contributed by atoms with Gasteiger partial charge in [0.25, 0.3) is 0 Å². The van der Waals surface area contributed by atoms with Crippen LogP contribution >= 0.6 is 0 Å². The molecular formula is C12H22. The lowest BCUT2D eigenvalue weighted by Crippen LogP contribution is -2.46. The minimum atomic E-state index is 0.518. The smallest absolute Gasteiger partial charge is 0.0272 e. The Morgan fingerprint density at radius 3 is 1.67 bits per heavy atom. The third-order valence-electron chi connectivity index (χ3n) is 4.62. The van der Waals surface area contributed by atoms with E-state index in [2.05, 4.69) is 27.7 Å². The summed E-state index contributed by atoms with van der Waals surface area (Å²) < 4.78 is 0. The van der Waals surface area contributed by atoms with Gasteiger partial charge < -0.3 is 0 Å². The molecule has 2 bridgehead atoms. The molecule has 0 aromatic carbocycles. The number of hydrogen-bond donors (Lipinski definition) is 0. The minimum Gasteiger partial charge on any atom is -0.0597 e. The van der Waals surface area contributed by atoms with Gasteiger partial charge in [0.2, 0.25) is 0 Å². The number of hydrogen-bond acceptors (Lipinski definition) is 0. The summed E-state index contributed by atoms with van der Waals surface area (Å²) in [6.07, 6.45) is 6.08. The van der Waals surface area contributed by atoms with Crippen LogP contribution in [0.5, 0.6) is 0 Å². The predicted molar refractivity (Wildman–Crippen MR) is 53.0 cm³/mol. The zero-order valence-corrected chi connectivity index (χ0v) is 8.98. The van der Waals surface area contributed by atoms with E-state index in [1.165, 1.54) is 12.8 Å². The van der Waals surface area contributed by atoms with Crippen LogP contribution in [0, 0.1) is 22.7 Å². The van der Waals surface area contributed by atoms with Crippen LogP contribution in [0.1, 0.15) is 53.4 Å². The molecule has 0 aromatic rings. The van der Waals surface area contributed by atoms with Crippen LogP contribution in [0.3, 0.4) is 0 Å². The molecule has 0 nitrogen and oxygen atoms in total. The van der Waals surface area contributed by atoms with Crippen molar-refractivity contribution < 1.29 is 0 Å². The third kappa shape index (κ3) is 1.11. The van der Waals surface area contributed by atoms with Crippen molar-refractivity contribution in [2.24, 2.45) is 22.7 Å². The molecule has 0 radical (unpaired) electrons. The van der Waals surface area contributed by atoms with Crippen LogP contribution in [-0.2, 0) is 0 Å². The lowest BCUT2D eigenvalue weighted by Gasteiger charge is -2.56. The van der Waals surface area contributed by atoms with Crippen molar-refractivity contribution in [1.29, 1.82) is 0 Å². The highest BCUT2D eigenvalue weighted by Gasteiger charge is 2.49. The van der Waals surface area contributed by atoms with Crippen molar-refractivity contribution >= 4 is 0 Å². The van der Waals surface area contributed by atoms with Gasteiger partial charge in [-0.25, -0.2) is 0 Å². The van der Waals surface area contributed by atoms with Gasteiger partial charge in [0.1, 0.15) is 0 Å². The van der Waals surface area contributed by atoms with Gasteiger partial charge >= 0.3 is 0 Å². The average Bonchev–Trinajstić information content (AvgIpc) is 1.82. The van der Waals surface area contributed by atoms with E-state index in [-0.39, 0.29) is 0 Å². The van der Waals surface area contributed by atoms with E-state index in [1.807, 2.05) is 0 Å². The topological polar surface area (TPSA) is 0 Å². The van der Waals surface area contributed by atoms with Crippen molar-refractivity contribution in [3.05, 3.63) is 0 Å². The molecule has 3 aliphatic rings. The highest BCUT2D eigenvalue weighted by molar-refractivity contribution is 4.99. The number of rotatable bonds is 0. The van der Waals surface area contributed by atoms with Crippen LogP contribution in [0.25, 0.3) is 0 Å².